The van der Waals surface area contributed by atoms with Gasteiger partial charge in [0.05, 0.1) is 6.54 Å². The van der Waals surface area contributed by atoms with Gasteiger partial charge in [-0.3, -0.25) is 9.59 Å². The molecule has 0 aliphatic carbocycles. The molecule has 0 fully saturated rings. The number of terminal acetylenes is 1. The maximum atomic E-state index is 11.7. The Labute approximate surface area is 123 Å². The van der Waals surface area contributed by atoms with E-state index in [2.05, 4.69) is 16.6 Å². The summed E-state index contributed by atoms with van der Waals surface area (Å²) < 4.78 is 22.4. The number of nitrogens with one attached hydrogen (secondary N) is 2. The van der Waals surface area contributed by atoms with Crippen molar-refractivity contribution in [1.29, 1.82) is 0 Å². The topological polar surface area (TPSA) is 92.3 Å². The minimum Gasteiger partial charge on any atom is -0.346 e. The SMILES string of the molecule is C#Cc1cccc(NC(=O)CNC(=O)[C@@H](C)S(C)(=O)=O)c1. The summed E-state index contributed by atoms with van der Waals surface area (Å²) in [5.41, 5.74) is 1.11. The van der Waals surface area contributed by atoms with Crippen LogP contribution in [0.4, 0.5) is 5.69 Å². The molecule has 21 heavy (non-hydrogen) atoms. The van der Waals surface area contributed by atoms with Crippen molar-refractivity contribution in [1.82, 2.24) is 5.32 Å². The quantitative estimate of drug-likeness (QED) is 0.758. The van der Waals surface area contributed by atoms with Crippen LogP contribution in [-0.4, -0.2) is 38.3 Å². The molecule has 7 heteroatoms. The number of rotatable bonds is 5. The molecule has 1 aromatic carbocycles. The van der Waals surface area contributed by atoms with Gasteiger partial charge in [0.15, 0.2) is 9.84 Å². The molecule has 6 nitrogen and oxygen atoms in total. The highest BCUT2D eigenvalue weighted by Crippen LogP contribution is 2.09. The molecule has 1 aromatic rings. The minimum atomic E-state index is -3.48. The van der Waals surface area contributed by atoms with Crippen LogP contribution in [0, 0.1) is 12.3 Å². The van der Waals surface area contributed by atoms with E-state index in [0.717, 1.165) is 6.26 Å². The van der Waals surface area contributed by atoms with Gasteiger partial charge < -0.3 is 10.6 Å². The van der Waals surface area contributed by atoms with Crippen LogP contribution in [0.3, 0.4) is 0 Å². The van der Waals surface area contributed by atoms with Gasteiger partial charge in [-0.1, -0.05) is 12.0 Å². The number of carbonyl (C=O) groups is 2. The number of hydrogen-bond acceptors (Lipinski definition) is 4. The number of amides is 2. The fraction of sp³-hybridized carbons (Fsp3) is 0.286. The summed E-state index contributed by atoms with van der Waals surface area (Å²) in [6.45, 7) is 0.942. The highest BCUT2D eigenvalue weighted by atomic mass is 32.2. The molecule has 1 atom stereocenters. The third kappa shape index (κ3) is 5.28. The van der Waals surface area contributed by atoms with Gasteiger partial charge in [-0.2, -0.15) is 0 Å². The summed E-state index contributed by atoms with van der Waals surface area (Å²) in [7, 11) is -3.48. The fourth-order valence-electron chi connectivity index (χ4n) is 1.40. The maximum absolute atomic E-state index is 11.7. The summed E-state index contributed by atoms with van der Waals surface area (Å²) in [5, 5.41) is 3.62. The van der Waals surface area contributed by atoms with E-state index < -0.39 is 26.9 Å². The molecule has 2 amide bonds. The fourth-order valence-corrected chi connectivity index (χ4v) is 1.87. The molecule has 2 N–H and O–H groups in total. The smallest absolute Gasteiger partial charge is 0.243 e. The van der Waals surface area contributed by atoms with Crippen LogP contribution in [0.25, 0.3) is 0 Å². The zero-order chi connectivity index (χ0) is 16.0. The van der Waals surface area contributed by atoms with Gasteiger partial charge in [0, 0.05) is 17.5 Å². The second-order valence-electron chi connectivity index (χ2n) is 4.46. The van der Waals surface area contributed by atoms with Crippen LogP contribution in [-0.2, 0) is 19.4 Å². The summed E-state index contributed by atoms with van der Waals surface area (Å²) >= 11 is 0. The lowest BCUT2D eigenvalue weighted by atomic mass is 10.2. The summed E-state index contributed by atoms with van der Waals surface area (Å²) in [5.74, 6) is 1.24. The van der Waals surface area contributed by atoms with Gasteiger partial charge in [0.1, 0.15) is 5.25 Å². The van der Waals surface area contributed by atoms with Crippen molar-refractivity contribution < 1.29 is 18.0 Å². The van der Waals surface area contributed by atoms with E-state index in [4.69, 9.17) is 6.42 Å². The Morgan fingerprint density at radius 1 is 1.38 bits per heavy atom. The summed E-state index contributed by atoms with van der Waals surface area (Å²) in [6.07, 6.45) is 6.21. The van der Waals surface area contributed by atoms with Crippen molar-refractivity contribution in [2.24, 2.45) is 0 Å². The van der Waals surface area contributed by atoms with Crippen LogP contribution in [0.2, 0.25) is 0 Å². The van der Waals surface area contributed by atoms with Gasteiger partial charge in [0.2, 0.25) is 11.8 Å². The van der Waals surface area contributed by atoms with Crippen molar-refractivity contribution >= 4 is 27.3 Å². The molecule has 0 unspecified atom stereocenters. The van der Waals surface area contributed by atoms with Crippen molar-refractivity contribution in [2.45, 2.75) is 12.2 Å². The van der Waals surface area contributed by atoms with Crippen LogP contribution >= 0.6 is 0 Å². The Balaban J connectivity index is 2.55. The predicted molar refractivity (Wildman–Crippen MR) is 80.3 cm³/mol. The molecule has 0 radical (unpaired) electrons. The number of carbonyl (C=O) groups excluding carboxylic acids is 2. The van der Waals surface area contributed by atoms with Crippen molar-refractivity contribution in [2.75, 3.05) is 18.1 Å². The lowest BCUT2D eigenvalue weighted by Crippen LogP contribution is -2.41. The van der Waals surface area contributed by atoms with Gasteiger partial charge in [-0.05, 0) is 25.1 Å². The monoisotopic (exact) mass is 308 g/mol. The van der Waals surface area contributed by atoms with E-state index in [-0.39, 0.29) is 6.54 Å². The van der Waals surface area contributed by atoms with E-state index in [1.807, 2.05) is 0 Å². The third-order valence-corrected chi connectivity index (χ3v) is 4.25. The maximum Gasteiger partial charge on any atom is 0.243 e. The highest BCUT2D eigenvalue weighted by molar-refractivity contribution is 7.92. The van der Waals surface area contributed by atoms with E-state index in [1.54, 1.807) is 24.3 Å². The largest absolute Gasteiger partial charge is 0.346 e. The molecule has 0 saturated carbocycles. The first-order valence-electron chi connectivity index (χ1n) is 6.07. The van der Waals surface area contributed by atoms with Crippen molar-refractivity contribution in [3.8, 4) is 12.3 Å². The normalized spacial score (nSPS) is 12.0. The van der Waals surface area contributed by atoms with E-state index in [9.17, 15) is 18.0 Å². The molecule has 0 aromatic heterocycles. The zero-order valence-electron chi connectivity index (χ0n) is 11.7. The van der Waals surface area contributed by atoms with Crippen LogP contribution in [0.15, 0.2) is 24.3 Å². The average molecular weight is 308 g/mol. The number of benzene rings is 1. The average Bonchev–Trinajstić information content (AvgIpc) is 2.43. The summed E-state index contributed by atoms with van der Waals surface area (Å²) in [6, 6.07) is 6.67. The first-order chi connectivity index (χ1) is 9.74. The van der Waals surface area contributed by atoms with Crippen LogP contribution in [0.1, 0.15) is 12.5 Å². The van der Waals surface area contributed by atoms with Crippen LogP contribution < -0.4 is 10.6 Å². The first-order valence-corrected chi connectivity index (χ1v) is 8.02. The molecule has 1 rings (SSSR count). The molecular weight excluding hydrogens is 292 g/mol. The Morgan fingerprint density at radius 3 is 2.62 bits per heavy atom. The molecule has 0 bridgehead atoms. The van der Waals surface area contributed by atoms with Gasteiger partial charge in [-0.15, -0.1) is 6.42 Å². The molecule has 0 heterocycles. The van der Waals surface area contributed by atoms with E-state index in [1.165, 1.54) is 6.92 Å². The Kier molecular flexibility index (Phi) is 5.50. The second kappa shape index (κ2) is 6.90. The molecule has 112 valence electrons. The molecule has 0 aliphatic heterocycles. The first kappa shape index (κ1) is 16.7. The molecule has 0 aliphatic rings. The number of anilines is 1. The summed E-state index contributed by atoms with van der Waals surface area (Å²) in [4.78, 5) is 23.2. The van der Waals surface area contributed by atoms with Gasteiger partial charge >= 0.3 is 0 Å². The highest BCUT2D eigenvalue weighted by Gasteiger charge is 2.23. The lowest BCUT2D eigenvalue weighted by molar-refractivity contribution is -0.123. The van der Waals surface area contributed by atoms with E-state index >= 15 is 0 Å². The van der Waals surface area contributed by atoms with Gasteiger partial charge in [-0.25, -0.2) is 8.42 Å². The lowest BCUT2D eigenvalue weighted by Gasteiger charge is -2.10. The minimum absolute atomic E-state index is 0.320. The number of hydrogen-bond donors (Lipinski definition) is 2. The Morgan fingerprint density at radius 2 is 2.05 bits per heavy atom. The molecule has 0 spiro atoms. The number of sulfone groups is 1. The second-order valence-corrected chi connectivity index (χ2v) is 6.83. The third-order valence-electron chi connectivity index (χ3n) is 2.75. The Hall–Kier alpha value is -2.33. The van der Waals surface area contributed by atoms with Crippen LogP contribution in [0.5, 0.6) is 0 Å². The Bertz CT molecular complexity index is 689. The van der Waals surface area contributed by atoms with Gasteiger partial charge in [0.25, 0.3) is 0 Å². The predicted octanol–water partition coefficient (Wildman–Crippen LogP) is 0.156. The van der Waals surface area contributed by atoms with Crippen molar-refractivity contribution in [3.05, 3.63) is 29.8 Å². The van der Waals surface area contributed by atoms with E-state index in [0.29, 0.717) is 11.3 Å². The molecular formula is C14H16N2O4S. The molecule has 0 saturated heterocycles. The standard InChI is InChI=1S/C14H16N2O4S/c1-4-11-6-5-7-12(8-11)16-13(17)9-15-14(18)10(2)21(3,19)20/h1,5-8,10H,9H2,2-3H3,(H,15,18)(H,16,17)/t10-/m1/s1. The zero-order valence-corrected chi connectivity index (χ0v) is 12.5. The van der Waals surface area contributed by atoms with Crippen molar-refractivity contribution in [3.63, 3.8) is 0 Å².